The van der Waals surface area contributed by atoms with Crippen molar-refractivity contribution in [3.05, 3.63) is 200 Å². The van der Waals surface area contributed by atoms with Crippen LogP contribution in [0, 0.1) is 0 Å². The van der Waals surface area contributed by atoms with Crippen molar-refractivity contribution in [1.29, 1.82) is 0 Å². The highest BCUT2D eigenvalue weighted by Gasteiger charge is 2.17. The number of furan rings is 2. The van der Waals surface area contributed by atoms with Crippen LogP contribution in [0.2, 0.25) is 0 Å². The van der Waals surface area contributed by atoms with E-state index in [0.29, 0.717) is 0 Å². The van der Waals surface area contributed by atoms with E-state index in [4.69, 9.17) is 8.83 Å². The molecule has 0 amide bonds. The molecule has 0 spiro atoms. The standard InChI is InChI=1S/C52H33NO2/c1-3-11-36(12-4-1)46-33-48-44-29-23-38(32-51(44)55-52(48)45-17-8-7-15-42(45)46)35-21-27-41(28-22-35)53(39-13-5-2-6-14-39)40-25-19-34(20-26-40)37-24-30-50-47(31-37)43-16-9-10-18-49(43)54-50/h1-33H. The van der Waals surface area contributed by atoms with Crippen LogP contribution in [0.4, 0.5) is 17.1 Å². The molecular weight excluding hydrogens is 671 g/mol. The molecule has 3 nitrogen and oxygen atoms in total. The molecule has 0 fully saturated rings. The average molecular weight is 704 g/mol. The van der Waals surface area contributed by atoms with Crippen LogP contribution in [-0.2, 0) is 0 Å². The lowest BCUT2D eigenvalue weighted by Crippen LogP contribution is -2.09. The zero-order valence-corrected chi connectivity index (χ0v) is 29.8. The summed E-state index contributed by atoms with van der Waals surface area (Å²) in [5.41, 5.74) is 13.9. The number of hydrogen-bond donors (Lipinski definition) is 0. The van der Waals surface area contributed by atoms with E-state index in [-0.39, 0.29) is 0 Å². The van der Waals surface area contributed by atoms with Crippen molar-refractivity contribution in [3.8, 4) is 33.4 Å². The summed E-state index contributed by atoms with van der Waals surface area (Å²) in [6.07, 6.45) is 0. The van der Waals surface area contributed by atoms with Gasteiger partial charge in [0.1, 0.15) is 22.3 Å². The Balaban J connectivity index is 0.943. The molecule has 2 aromatic heterocycles. The summed E-state index contributed by atoms with van der Waals surface area (Å²) in [4.78, 5) is 2.30. The lowest BCUT2D eigenvalue weighted by molar-refractivity contribution is 0.669. The molecule has 0 aliphatic carbocycles. The van der Waals surface area contributed by atoms with Crippen LogP contribution in [0.1, 0.15) is 0 Å². The van der Waals surface area contributed by atoms with E-state index >= 15 is 0 Å². The number of para-hydroxylation sites is 2. The molecule has 55 heavy (non-hydrogen) atoms. The molecule has 0 unspecified atom stereocenters. The maximum atomic E-state index is 6.66. The molecule has 0 N–H and O–H groups in total. The second-order valence-electron chi connectivity index (χ2n) is 14.1. The van der Waals surface area contributed by atoms with Gasteiger partial charge in [0.05, 0.1) is 0 Å². The van der Waals surface area contributed by atoms with E-state index < -0.39 is 0 Å². The Morgan fingerprint density at radius 2 is 0.800 bits per heavy atom. The average Bonchev–Trinajstić information content (AvgIpc) is 3.82. The van der Waals surface area contributed by atoms with Crippen LogP contribution in [0.25, 0.3) is 88.0 Å². The SMILES string of the molecule is c1ccc(-c2cc3c4ccc(-c5ccc(N(c6ccccc6)c6ccc(-c7ccc8oc9ccccc9c8c7)cc6)cc5)cc4oc3c3ccccc23)cc1. The highest BCUT2D eigenvalue weighted by Crippen LogP contribution is 2.42. The maximum absolute atomic E-state index is 6.66. The van der Waals surface area contributed by atoms with Gasteiger partial charge in [-0.1, -0.05) is 127 Å². The van der Waals surface area contributed by atoms with Crippen LogP contribution >= 0.6 is 0 Å². The predicted molar refractivity (Wildman–Crippen MR) is 229 cm³/mol. The Morgan fingerprint density at radius 3 is 1.53 bits per heavy atom. The maximum Gasteiger partial charge on any atom is 0.143 e. The number of anilines is 3. The van der Waals surface area contributed by atoms with Gasteiger partial charge < -0.3 is 13.7 Å². The molecule has 0 radical (unpaired) electrons. The van der Waals surface area contributed by atoms with Gasteiger partial charge in [-0.25, -0.2) is 0 Å². The molecule has 0 saturated carbocycles. The molecule has 0 aliphatic heterocycles. The van der Waals surface area contributed by atoms with Crippen molar-refractivity contribution < 1.29 is 8.83 Å². The molecule has 2 heterocycles. The summed E-state index contributed by atoms with van der Waals surface area (Å²) in [5.74, 6) is 0. The molecule has 9 aromatic carbocycles. The summed E-state index contributed by atoms with van der Waals surface area (Å²) >= 11 is 0. The lowest BCUT2D eigenvalue weighted by Gasteiger charge is -2.26. The summed E-state index contributed by atoms with van der Waals surface area (Å²) < 4.78 is 12.7. The van der Waals surface area contributed by atoms with E-state index in [1.807, 2.05) is 12.1 Å². The van der Waals surface area contributed by atoms with Gasteiger partial charge in [0, 0.05) is 44.0 Å². The predicted octanol–water partition coefficient (Wildman–Crippen LogP) is 15.1. The zero-order chi connectivity index (χ0) is 36.3. The fraction of sp³-hybridized carbons (Fsp3) is 0. The fourth-order valence-corrected chi connectivity index (χ4v) is 8.17. The third-order valence-electron chi connectivity index (χ3n) is 10.9. The number of rotatable bonds is 6. The molecule has 258 valence electrons. The molecule has 0 saturated heterocycles. The Kier molecular flexibility index (Phi) is 7.17. The summed E-state index contributed by atoms with van der Waals surface area (Å²) in [5, 5.41) is 6.84. The monoisotopic (exact) mass is 703 g/mol. The quantitative estimate of drug-likeness (QED) is 0.173. The number of hydrogen-bond acceptors (Lipinski definition) is 3. The van der Waals surface area contributed by atoms with Gasteiger partial charge in [-0.15, -0.1) is 0 Å². The van der Waals surface area contributed by atoms with Crippen molar-refractivity contribution in [2.45, 2.75) is 0 Å². The van der Waals surface area contributed by atoms with E-state index in [1.165, 1.54) is 16.5 Å². The van der Waals surface area contributed by atoms with Gasteiger partial charge in [-0.2, -0.15) is 0 Å². The van der Waals surface area contributed by atoms with Crippen molar-refractivity contribution in [3.63, 3.8) is 0 Å². The van der Waals surface area contributed by atoms with Gasteiger partial charge in [0.15, 0.2) is 0 Å². The number of nitrogens with zero attached hydrogens (tertiary/aromatic N) is 1. The minimum Gasteiger partial charge on any atom is -0.456 e. The second-order valence-corrected chi connectivity index (χ2v) is 14.1. The third-order valence-corrected chi connectivity index (χ3v) is 10.9. The Morgan fingerprint density at radius 1 is 0.273 bits per heavy atom. The van der Waals surface area contributed by atoms with Gasteiger partial charge in [0.25, 0.3) is 0 Å². The van der Waals surface area contributed by atoms with Crippen molar-refractivity contribution in [2.75, 3.05) is 4.90 Å². The largest absolute Gasteiger partial charge is 0.456 e. The van der Waals surface area contributed by atoms with E-state index in [1.54, 1.807) is 0 Å². The van der Waals surface area contributed by atoms with Gasteiger partial charge >= 0.3 is 0 Å². The smallest absolute Gasteiger partial charge is 0.143 e. The third kappa shape index (κ3) is 5.28. The molecule has 0 aliphatic rings. The fourth-order valence-electron chi connectivity index (χ4n) is 8.17. The first kappa shape index (κ1) is 31.2. The van der Waals surface area contributed by atoms with Crippen LogP contribution in [0.5, 0.6) is 0 Å². The molecule has 11 rings (SSSR count). The van der Waals surface area contributed by atoms with Crippen LogP contribution in [0.15, 0.2) is 209 Å². The van der Waals surface area contributed by atoms with Crippen molar-refractivity contribution in [1.82, 2.24) is 0 Å². The van der Waals surface area contributed by atoms with Crippen molar-refractivity contribution in [2.24, 2.45) is 0 Å². The number of benzene rings is 9. The summed E-state index contributed by atoms with van der Waals surface area (Å²) in [6.45, 7) is 0. The second kappa shape index (κ2) is 12.6. The summed E-state index contributed by atoms with van der Waals surface area (Å²) in [7, 11) is 0. The summed E-state index contributed by atoms with van der Waals surface area (Å²) in [6, 6.07) is 70.9. The van der Waals surface area contributed by atoms with Crippen LogP contribution in [-0.4, -0.2) is 0 Å². The topological polar surface area (TPSA) is 29.5 Å². The van der Waals surface area contributed by atoms with Gasteiger partial charge in [-0.3, -0.25) is 0 Å². The molecule has 11 aromatic rings. The Bertz CT molecular complexity index is 3180. The van der Waals surface area contributed by atoms with Crippen molar-refractivity contribution >= 4 is 71.7 Å². The molecule has 0 atom stereocenters. The van der Waals surface area contributed by atoms with E-state index in [2.05, 4.69) is 193 Å². The zero-order valence-electron chi connectivity index (χ0n) is 29.8. The van der Waals surface area contributed by atoms with Crippen LogP contribution < -0.4 is 4.90 Å². The van der Waals surface area contributed by atoms with Gasteiger partial charge in [0.2, 0.25) is 0 Å². The molecular formula is C52H33NO2. The first-order chi connectivity index (χ1) is 27.2. The normalized spacial score (nSPS) is 11.6. The molecule has 0 bridgehead atoms. The van der Waals surface area contributed by atoms with E-state index in [0.717, 1.165) is 88.6 Å². The first-order valence-corrected chi connectivity index (χ1v) is 18.7. The minimum absolute atomic E-state index is 0.887. The highest BCUT2D eigenvalue weighted by molar-refractivity contribution is 6.19. The lowest BCUT2D eigenvalue weighted by atomic mass is 9.95. The minimum atomic E-state index is 0.887. The van der Waals surface area contributed by atoms with E-state index in [9.17, 15) is 0 Å². The highest BCUT2D eigenvalue weighted by atomic mass is 16.3. The first-order valence-electron chi connectivity index (χ1n) is 18.7. The number of fused-ring (bicyclic) bond motifs is 8. The van der Waals surface area contributed by atoms with Crippen LogP contribution in [0.3, 0.4) is 0 Å². The Hall–Kier alpha value is -7.36. The molecule has 3 heteroatoms. The Labute approximate surface area is 317 Å². The van der Waals surface area contributed by atoms with Gasteiger partial charge in [-0.05, 0) is 112 Å².